The van der Waals surface area contributed by atoms with Gasteiger partial charge in [-0.3, -0.25) is 4.79 Å². The predicted molar refractivity (Wildman–Crippen MR) is 106 cm³/mol. The van der Waals surface area contributed by atoms with Crippen LogP contribution < -0.4 is 10.1 Å². The summed E-state index contributed by atoms with van der Waals surface area (Å²) < 4.78 is 30.9. The molecule has 1 aliphatic heterocycles. The summed E-state index contributed by atoms with van der Waals surface area (Å²) in [7, 11) is -3.40. The number of carbonyl (C=O) groups excluding carboxylic acids is 1. The number of ether oxygens (including phenoxy) is 1. The summed E-state index contributed by atoms with van der Waals surface area (Å²) in [6, 6.07) is 14.1. The topological polar surface area (TPSA) is 75.7 Å². The number of hydrogen-bond donors (Lipinski definition) is 1. The number of sulfonamides is 1. The first kappa shape index (κ1) is 19.4. The van der Waals surface area contributed by atoms with Crippen LogP contribution in [0.25, 0.3) is 0 Å². The number of aryl methyl sites for hydroxylation is 1. The fraction of sp³-hybridized carbons (Fsp3) is 0.350. The van der Waals surface area contributed by atoms with Crippen molar-refractivity contribution in [2.24, 2.45) is 0 Å². The van der Waals surface area contributed by atoms with Crippen molar-refractivity contribution in [1.29, 1.82) is 0 Å². The zero-order chi connectivity index (χ0) is 19.4. The summed E-state index contributed by atoms with van der Waals surface area (Å²) in [6.07, 6.45) is 3.30. The molecule has 1 fully saturated rings. The van der Waals surface area contributed by atoms with E-state index in [1.165, 1.54) is 4.31 Å². The van der Waals surface area contributed by atoms with E-state index < -0.39 is 16.1 Å². The van der Waals surface area contributed by atoms with Crippen molar-refractivity contribution < 1.29 is 17.9 Å². The first-order chi connectivity index (χ1) is 12.8. The molecule has 7 heteroatoms. The van der Waals surface area contributed by atoms with E-state index in [0.29, 0.717) is 24.4 Å². The molecule has 1 saturated heterocycles. The maximum atomic E-state index is 12.6. The van der Waals surface area contributed by atoms with Gasteiger partial charge in [-0.2, -0.15) is 4.31 Å². The van der Waals surface area contributed by atoms with E-state index in [4.69, 9.17) is 4.74 Å². The Balaban J connectivity index is 1.65. The first-order valence-corrected chi connectivity index (χ1v) is 10.8. The molecule has 0 aromatic heterocycles. The van der Waals surface area contributed by atoms with Crippen LogP contribution in [-0.4, -0.2) is 37.5 Å². The molecular weight excluding hydrogens is 364 g/mol. The number of hydrogen-bond acceptors (Lipinski definition) is 4. The van der Waals surface area contributed by atoms with Crippen LogP contribution >= 0.6 is 0 Å². The summed E-state index contributed by atoms with van der Waals surface area (Å²) in [6.45, 7) is 2.40. The molecule has 0 saturated carbocycles. The molecular formula is C20H24N2O4S. The van der Waals surface area contributed by atoms with Gasteiger partial charge >= 0.3 is 0 Å². The van der Waals surface area contributed by atoms with Crippen LogP contribution in [0.15, 0.2) is 48.5 Å². The second kappa shape index (κ2) is 8.10. The smallest absolute Gasteiger partial charge is 0.242 e. The molecule has 0 bridgehead atoms. The molecule has 0 spiro atoms. The molecule has 1 unspecified atom stereocenters. The number of benzene rings is 2. The maximum Gasteiger partial charge on any atom is 0.242 e. The Hall–Kier alpha value is -2.38. The first-order valence-electron chi connectivity index (χ1n) is 8.95. The number of rotatable bonds is 5. The maximum absolute atomic E-state index is 12.6. The van der Waals surface area contributed by atoms with Gasteiger partial charge in [0, 0.05) is 12.2 Å². The van der Waals surface area contributed by atoms with Crippen LogP contribution in [0.1, 0.15) is 24.8 Å². The second-order valence-electron chi connectivity index (χ2n) is 6.81. The highest BCUT2D eigenvalue weighted by atomic mass is 32.2. The Morgan fingerprint density at radius 2 is 1.63 bits per heavy atom. The van der Waals surface area contributed by atoms with Crippen LogP contribution in [0.4, 0.5) is 5.69 Å². The van der Waals surface area contributed by atoms with Crippen LogP contribution in [0.2, 0.25) is 0 Å². The lowest BCUT2D eigenvalue weighted by Crippen LogP contribution is -2.49. The van der Waals surface area contributed by atoms with Gasteiger partial charge in [-0.15, -0.1) is 0 Å². The predicted octanol–water partition coefficient (Wildman–Crippen LogP) is 3.54. The highest BCUT2D eigenvalue weighted by Gasteiger charge is 2.34. The Morgan fingerprint density at radius 1 is 1.04 bits per heavy atom. The van der Waals surface area contributed by atoms with Crippen molar-refractivity contribution in [3.05, 3.63) is 54.1 Å². The van der Waals surface area contributed by atoms with E-state index in [0.717, 1.165) is 30.4 Å². The molecule has 1 atom stereocenters. The van der Waals surface area contributed by atoms with Gasteiger partial charge < -0.3 is 10.1 Å². The van der Waals surface area contributed by atoms with Gasteiger partial charge in [0.2, 0.25) is 15.9 Å². The molecule has 3 rings (SSSR count). The minimum atomic E-state index is -3.40. The molecule has 1 amide bonds. The normalized spacial score (nSPS) is 18.1. The highest BCUT2D eigenvalue weighted by Crippen LogP contribution is 2.25. The standard InChI is InChI=1S/C20H24N2O4S/c1-15-6-10-17(11-7-15)26-18-12-8-16(9-13-18)21-20(23)19-5-3-4-14-22(19)27(2,24)25/h6-13,19H,3-5,14H2,1-2H3,(H,21,23). The van der Waals surface area contributed by atoms with Gasteiger partial charge in [-0.1, -0.05) is 24.1 Å². The lowest BCUT2D eigenvalue weighted by molar-refractivity contribution is -0.120. The Bertz CT molecular complexity index is 893. The summed E-state index contributed by atoms with van der Waals surface area (Å²) in [4.78, 5) is 12.6. The van der Waals surface area contributed by atoms with Crippen molar-refractivity contribution >= 4 is 21.6 Å². The second-order valence-corrected chi connectivity index (χ2v) is 8.75. The summed E-state index contributed by atoms with van der Waals surface area (Å²) in [5, 5.41) is 2.81. The average Bonchev–Trinajstić information content (AvgIpc) is 2.64. The monoisotopic (exact) mass is 388 g/mol. The van der Waals surface area contributed by atoms with Gasteiger partial charge in [-0.25, -0.2) is 8.42 Å². The quantitative estimate of drug-likeness (QED) is 0.850. The highest BCUT2D eigenvalue weighted by molar-refractivity contribution is 7.88. The molecule has 0 aliphatic carbocycles. The summed E-state index contributed by atoms with van der Waals surface area (Å²) in [5.74, 6) is 1.10. The van der Waals surface area contributed by atoms with Crippen molar-refractivity contribution in [3.63, 3.8) is 0 Å². The Morgan fingerprint density at radius 3 is 2.22 bits per heavy atom. The third-order valence-electron chi connectivity index (χ3n) is 4.56. The fourth-order valence-electron chi connectivity index (χ4n) is 3.14. The number of piperidine rings is 1. The molecule has 1 heterocycles. The molecule has 27 heavy (non-hydrogen) atoms. The third-order valence-corrected chi connectivity index (χ3v) is 5.85. The van der Waals surface area contributed by atoms with Crippen molar-refractivity contribution in [2.75, 3.05) is 18.1 Å². The minimum Gasteiger partial charge on any atom is -0.457 e. The zero-order valence-electron chi connectivity index (χ0n) is 15.5. The largest absolute Gasteiger partial charge is 0.457 e. The van der Waals surface area contributed by atoms with Crippen LogP contribution in [-0.2, 0) is 14.8 Å². The van der Waals surface area contributed by atoms with Gasteiger partial charge in [0.25, 0.3) is 0 Å². The minimum absolute atomic E-state index is 0.299. The third kappa shape index (κ3) is 5.08. The molecule has 6 nitrogen and oxygen atoms in total. The number of carbonyl (C=O) groups is 1. The van der Waals surface area contributed by atoms with Crippen molar-refractivity contribution in [3.8, 4) is 11.5 Å². The molecule has 1 N–H and O–H groups in total. The van der Waals surface area contributed by atoms with Crippen LogP contribution in [0, 0.1) is 6.92 Å². The Labute approximate surface area is 160 Å². The lowest BCUT2D eigenvalue weighted by Gasteiger charge is -2.32. The van der Waals surface area contributed by atoms with E-state index in [2.05, 4.69) is 5.32 Å². The number of nitrogens with zero attached hydrogens (tertiary/aromatic N) is 1. The van der Waals surface area contributed by atoms with Crippen molar-refractivity contribution in [2.45, 2.75) is 32.2 Å². The van der Waals surface area contributed by atoms with Crippen molar-refractivity contribution in [1.82, 2.24) is 4.31 Å². The summed E-state index contributed by atoms with van der Waals surface area (Å²) in [5.41, 5.74) is 1.77. The van der Waals surface area contributed by atoms with Gasteiger partial charge in [0.15, 0.2) is 0 Å². The number of anilines is 1. The SMILES string of the molecule is Cc1ccc(Oc2ccc(NC(=O)C3CCCCN3S(C)(=O)=O)cc2)cc1. The van der Waals surface area contributed by atoms with Gasteiger partial charge in [0.05, 0.1) is 6.26 Å². The lowest BCUT2D eigenvalue weighted by atomic mass is 10.0. The number of nitrogens with one attached hydrogen (secondary N) is 1. The zero-order valence-corrected chi connectivity index (χ0v) is 16.3. The van der Waals surface area contributed by atoms with Gasteiger partial charge in [-0.05, 0) is 56.2 Å². The molecule has 2 aromatic rings. The summed E-state index contributed by atoms with van der Waals surface area (Å²) >= 11 is 0. The Kier molecular flexibility index (Phi) is 5.82. The van der Waals surface area contributed by atoms with E-state index in [-0.39, 0.29) is 5.91 Å². The van der Waals surface area contributed by atoms with E-state index >= 15 is 0 Å². The van der Waals surface area contributed by atoms with E-state index in [9.17, 15) is 13.2 Å². The molecule has 0 radical (unpaired) electrons. The van der Waals surface area contributed by atoms with Crippen LogP contribution in [0.5, 0.6) is 11.5 Å². The molecule has 144 valence electrons. The van der Waals surface area contributed by atoms with E-state index in [1.807, 2.05) is 31.2 Å². The van der Waals surface area contributed by atoms with Crippen LogP contribution in [0.3, 0.4) is 0 Å². The number of amides is 1. The molecule has 1 aliphatic rings. The average molecular weight is 388 g/mol. The molecule has 2 aromatic carbocycles. The van der Waals surface area contributed by atoms with Gasteiger partial charge in [0.1, 0.15) is 17.5 Å². The van der Waals surface area contributed by atoms with E-state index in [1.54, 1.807) is 24.3 Å². The fourth-order valence-corrected chi connectivity index (χ4v) is 4.26.